The van der Waals surface area contributed by atoms with Gasteiger partial charge in [-0.1, -0.05) is 25.5 Å². The predicted molar refractivity (Wildman–Crippen MR) is 70.5 cm³/mol. The van der Waals surface area contributed by atoms with Crippen molar-refractivity contribution >= 4 is 0 Å². The van der Waals surface area contributed by atoms with Crippen molar-refractivity contribution in [2.75, 3.05) is 6.61 Å². The van der Waals surface area contributed by atoms with Crippen LogP contribution >= 0.6 is 0 Å². The van der Waals surface area contributed by atoms with Crippen LogP contribution in [0.3, 0.4) is 0 Å². The van der Waals surface area contributed by atoms with E-state index in [4.69, 9.17) is 5.11 Å². The monoisotopic (exact) mass is 234 g/mol. The lowest BCUT2D eigenvalue weighted by Gasteiger charge is -2.27. The van der Waals surface area contributed by atoms with Gasteiger partial charge in [0.2, 0.25) is 0 Å². The van der Waals surface area contributed by atoms with Gasteiger partial charge < -0.3 is 5.11 Å². The summed E-state index contributed by atoms with van der Waals surface area (Å²) in [5.41, 5.74) is 1.88. The zero-order chi connectivity index (χ0) is 12.2. The Balaban J connectivity index is 1.56. The summed E-state index contributed by atoms with van der Waals surface area (Å²) in [6, 6.07) is 0. The molecule has 4 aliphatic carbocycles. The smallest absolute Gasteiger partial charge is 0.0639 e. The maximum atomic E-state index is 8.98. The van der Waals surface area contributed by atoms with Crippen molar-refractivity contribution in [3.63, 3.8) is 0 Å². The fourth-order valence-corrected chi connectivity index (χ4v) is 5.52. The van der Waals surface area contributed by atoms with Gasteiger partial charge in [-0.05, 0) is 67.6 Å². The number of hydrogen-bond donors (Lipinski definition) is 1. The third-order valence-electron chi connectivity index (χ3n) is 6.29. The van der Waals surface area contributed by atoms with Crippen molar-refractivity contribution in [1.82, 2.24) is 0 Å². The maximum absolute atomic E-state index is 8.98. The second-order valence-electron chi connectivity index (χ2n) is 7.10. The van der Waals surface area contributed by atoms with Crippen molar-refractivity contribution in [1.29, 1.82) is 0 Å². The summed E-state index contributed by atoms with van der Waals surface area (Å²) in [6.45, 7) is 7.27. The largest absolute Gasteiger partial charge is 0.392 e. The summed E-state index contributed by atoms with van der Waals surface area (Å²) in [4.78, 5) is 0. The van der Waals surface area contributed by atoms with Crippen molar-refractivity contribution < 1.29 is 5.11 Å². The van der Waals surface area contributed by atoms with E-state index in [1.807, 2.05) is 6.92 Å². The van der Waals surface area contributed by atoms with Crippen LogP contribution in [0.15, 0.2) is 11.6 Å². The van der Waals surface area contributed by atoms with Gasteiger partial charge in [-0.2, -0.15) is 0 Å². The van der Waals surface area contributed by atoms with Gasteiger partial charge in [-0.25, -0.2) is 0 Å². The lowest BCUT2D eigenvalue weighted by molar-refractivity contribution is 0.219. The minimum Gasteiger partial charge on any atom is -0.392 e. The van der Waals surface area contributed by atoms with E-state index < -0.39 is 0 Å². The van der Waals surface area contributed by atoms with Crippen LogP contribution in [-0.2, 0) is 0 Å². The van der Waals surface area contributed by atoms with E-state index in [2.05, 4.69) is 19.9 Å². The molecule has 1 nitrogen and oxygen atoms in total. The average molecular weight is 234 g/mol. The van der Waals surface area contributed by atoms with Gasteiger partial charge in [0.15, 0.2) is 0 Å². The highest BCUT2D eigenvalue weighted by molar-refractivity contribution is 5.24. The number of aliphatic hydroxyl groups excluding tert-OH is 1. The summed E-state index contributed by atoms with van der Waals surface area (Å²) >= 11 is 0. The standard InChI is InChI=1S/C16H26O/c1-10(9-17)5-4-6-11(2)15-12-7-13-14(8-12)16(13,15)3/h5,11-15,17H,4,6-9H2,1-3H3. The molecule has 0 aliphatic heterocycles. The topological polar surface area (TPSA) is 20.2 Å². The summed E-state index contributed by atoms with van der Waals surface area (Å²) in [5.74, 6) is 5.17. The zero-order valence-corrected chi connectivity index (χ0v) is 11.4. The molecular weight excluding hydrogens is 208 g/mol. The van der Waals surface area contributed by atoms with E-state index in [1.54, 1.807) is 12.8 Å². The van der Waals surface area contributed by atoms with Crippen molar-refractivity contribution in [3.05, 3.63) is 11.6 Å². The Hall–Kier alpha value is -0.300. The molecule has 0 aromatic carbocycles. The molecule has 4 aliphatic rings. The van der Waals surface area contributed by atoms with Crippen LogP contribution in [0.1, 0.15) is 46.5 Å². The van der Waals surface area contributed by atoms with Crippen molar-refractivity contribution in [3.8, 4) is 0 Å². The van der Waals surface area contributed by atoms with Crippen LogP contribution in [-0.4, -0.2) is 11.7 Å². The normalized spacial score (nSPS) is 48.6. The van der Waals surface area contributed by atoms with Gasteiger partial charge in [0, 0.05) is 0 Å². The minimum absolute atomic E-state index is 0.225. The number of allylic oxidation sites excluding steroid dienone is 1. The molecular formula is C16H26O. The van der Waals surface area contributed by atoms with Crippen LogP contribution in [0.4, 0.5) is 0 Å². The molecule has 4 atom stereocenters. The summed E-state index contributed by atoms with van der Waals surface area (Å²) < 4.78 is 0. The van der Waals surface area contributed by atoms with Gasteiger partial charge in [0.25, 0.3) is 0 Å². The molecule has 0 radical (unpaired) electrons. The van der Waals surface area contributed by atoms with Gasteiger partial charge in [0.05, 0.1) is 6.61 Å². The van der Waals surface area contributed by atoms with Crippen LogP contribution in [0.2, 0.25) is 0 Å². The summed E-state index contributed by atoms with van der Waals surface area (Å²) in [6.07, 6.45) is 7.78. The highest BCUT2D eigenvalue weighted by Crippen LogP contribution is 2.82. The molecule has 0 amide bonds. The molecule has 96 valence electrons. The van der Waals surface area contributed by atoms with E-state index >= 15 is 0 Å². The van der Waals surface area contributed by atoms with Crippen molar-refractivity contribution in [2.24, 2.45) is 35.0 Å². The Labute approximate surface area is 105 Å². The molecule has 0 aromatic rings. The van der Waals surface area contributed by atoms with Crippen LogP contribution in [0, 0.1) is 35.0 Å². The molecule has 17 heavy (non-hydrogen) atoms. The van der Waals surface area contributed by atoms with Crippen LogP contribution in [0.25, 0.3) is 0 Å². The molecule has 4 rings (SSSR count). The Morgan fingerprint density at radius 1 is 1.41 bits per heavy atom. The first-order valence-corrected chi connectivity index (χ1v) is 7.35. The Bertz CT molecular complexity index is 331. The SMILES string of the molecule is CC(=CCCC(C)C1C2CC3C(C2)C31C)CO. The van der Waals surface area contributed by atoms with E-state index in [1.165, 1.54) is 6.42 Å². The maximum Gasteiger partial charge on any atom is 0.0639 e. The number of hydrogen-bond acceptors (Lipinski definition) is 1. The van der Waals surface area contributed by atoms with Gasteiger partial charge in [0.1, 0.15) is 0 Å². The van der Waals surface area contributed by atoms with Gasteiger partial charge >= 0.3 is 0 Å². The first-order valence-electron chi connectivity index (χ1n) is 7.35. The number of rotatable bonds is 5. The highest BCUT2D eigenvalue weighted by Gasteiger charge is 2.76. The summed E-state index contributed by atoms with van der Waals surface area (Å²) in [7, 11) is 0. The fraction of sp³-hybridized carbons (Fsp3) is 0.875. The van der Waals surface area contributed by atoms with E-state index in [9.17, 15) is 0 Å². The van der Waals surface area contributed by atoms with E-state index in [0.717, 1.165) is 47.0 Å². The molecule has 4 saturated carbocycles. The van der Waals surface area contributed by atoms with Gasteiger partial charge in [-0.15, -0.1) is 0 Å². The molecule has 1 N–H and O–H groups in total. The lowest BCUT2D eigenvalue weighted by Crippen LogP contribution is -2.20. The molecule has 0 aromatic heterocycles. The minimum atomic E-state index is 0.225. The van der Waals surface area contributed by atoms with E-state index in [-0.39, 0.29) is 6.61 Å². The Morgan fingerprint density at radius 2 is 2.06 bits per heavy atom. The molecule has 1 heteroatoms. The average Bonchev–Trinajstić information content (AvgIpc) is 2.71. The Morgan fingerprint density at radius 3 is 2.53 bits per heavy atom. The lowest BCUT2D eigenvalue weighted by atomic mass is 9.78. The second-order valence-corrected chi connectivity index (χ2v) is 7.10. The van der Waals surface area contributed by atoms with E-state index in [0.29, 0.717) is 0 Å². The molecule has 0 heterocycles. The first-order chi connectivity index (χ1) is 8.09. The van der Waals surface area contributed by atoms with Crippen molar-refractivity contribution in [2.45, 2.75) is 46.5 Å². The second kappa shape index (κ2) is 3.85. The molecule has 0 saturated heterocycles. The fourth-order valence-electron chi connectivity index (χ4n) is 5.52. The zero-order valence-electron chi connectivity index (χ0n) is 11.4. The third-order valence-corrected chi connectivity index (χ3v) is 6.29. The molecule has 4 fully saturated rings. The van der Waals surface area contributed by atoms with Crippen LogP contribution < -0.4 is 0 Å². The third kappa shape index (κ3) is 1.54. The quantitative estimate of drug-likeness (QED) is 0.720. The molecule has 4 unspecified atom stereocenters. The predicted octanol–water partition coefficient (Wildman–Crippen LogP) is 3.63. The molecule has 4 bridgehead atoms. The highest BCUT2D eigenvalue weighted by atomic mass is 16.3. The summed E-state index contributed by atoms with van der Waals surface area (Å²) in [5, 5.41) is 8.98. The molecule has 0 spiro atoms. The number of aliphatic hydroxyl groups is 1. The first kappa shape index (κ1) is 11.8. The van der Waals surface area contributed by atoms with Gasteiger partial charge in [-0.3, -0.25) is 0 Å². The van der Waals surface area contributed by atoms with Crippen LogP contribution in [0.5, 0.6) is 0 Å². The Kier molecular flexibility index (Phi) is 2.66.